The molecular formula is C17H16ClN. The Bertz CT molecular complexity index is 720. The van der Waals surface area contributed by atoms with Crippen molar-refractivity contribution in [3.63, 3.8) is 0 Å². The lowest BCUT2D eigenvalue weighted by molar-refractivity contribution is 0.834. The van der Waals surface area contributed by atoms with Crippen molar-refractivity contribution in [3.8, 4) is 0 Å². The summed E-state index contributed by atoms with van der Waals surface area (Å²) in [6.45, 7) is 5.18. The molecule has 96 valence electrons. The van der Waals surface area contributed by atoms with E-state index in [0.29, 0.717) is 0 Å². The molecule has 0 saturated heterocycles. The highest BCUT2D eigenvalue weighted by molar-refractivity contribution is 6.31. The van der Waals surface area contributed by atoms with E-state index in [2.05, 4.69) is 54.9 Å². The molecule has 3 rings (SSSR count). The molecule has 0 spiro atoms. The van der Waals surface area contributed by atoms with Crippen molar-refractivity contribution >= 4 is 22.5 Å². The fourth-order valence-corrected chi connectivity index (χ4v) is 2.85. The monoisotopic (exact) mass is 269 g/mol. The van der Waals surface area contributed by atoms with Gasteiger partial charge in [0.15, 0.2) is 0 Å². The van der Waals surface area contributed by atoms with Crippen LogP contribution in [0.2, 0.25) is 5.02 Å². The Kier molecular flexibility index (Phi) is 3.08. The zero-order valence-corrected chi connectivity index (χ0v) is 11.9. The van der Waals surface area contributed by atoms with Crippen LogP contribution in [0.4, 0.5) is 0 Å². The third-order valence-corrected chi connectivity index (χ3v) is 3.60. The highest BCUT2D eigenvalue weighted by atomic mass is 35.5. The summed E-state index contributed by atoms with van der Waals surface area (Å²) in [5, 5.41) is 1.98. The van der Waals surface area contributed by atoms with Gasteiger partial charge >= 0.3 is 0 Å². The number of aryl methyl sites for hydroxylation is 2. The number of rotatable bonds is 2. The lowest BCUT2D eigenvalue weighted by atomic mass is 10.1. The average molecular weight is 270 g/mol. The van der Waals surface area contributed by atoms with Crippen LogP contribution in [-0.4, -0.2) is 4.57 Å². The molecule has 0 N–H and O–H groups in total. The van der Waals surface area contributed by atoms with Crippen LogP contribution in [0.25, 0.3) is 10.9 Å². The Hall–Kier alpha value is -1.73. The first-order valence-electron chi connectivity index (χ1n) is 6.43. The van der Waals surface area contributed by atoms with Crippen LogP contribution in [0.15, 0.2) is 48.7 Å². The second-order valence-electron chi connectivity index (χ2n) is 5.14. The average Bonchev–Trinajstić information content (AvgIpc) is 2.70. The van der Waals surface area contributed by atoms with Crippen molar-refractivity contribution in [2.24, 2.45) is 0 Å². The van der Waals surface area contributed by atoms with Crippen LogP contribution in [0.3, 0.4) is 0 Å². The Morgan fingerprint density at radius 2 is 1.68 bits per heavy atom. The maximum Gasteiger partial charge on any atom is 0.0484 e. The van der Waals surface area contributed by atoms with Crippen LogP contribution >= 0.6 is 11.6 Å². The standard InChI is InChI=1S/C17H16ClN/c1-12-7-13(2)9-14(8-12)11-19-6-5-15-10-16(18)3-4-17(15)19/h3-10H,11H2,1-2H3. The molecule has 0 amide bonds. The van der Waals surface area contributed by atoms with Gasteiger partial charge < -0.3 is 4.57 Å². The van der Waals surface area contributed by atoms with Crippen molar-refractivity contribution in [2.75, 3.05) is 0 Å². The van der Waals surface area contributed by atoms with Gasteiger partial charge in [-0.2, -0.15) is 0 Å². The number of nitrogens with zero attached hydrogens (tertiary/aromatic N) is 1. The molecule has 0 fully saturated rings. The molecule has 1 heterocycles. The van der Waals surface area contributed by atoms with Crippen LogP contribution < -0.4 is 0 Å². The van der Waals surface area contributed by atoms with Gasteiger partial charge in [0, 0.05) is 28.7 Å². The molecular weight excluding hydrogens is 254 g/mol. The number of benzene rings is 2. The van der Waals surface area contributed by atoms with Gasteiger partial charge in [0.05, 0.1) is 0 Å². The van der Waals surface area contributed by atoms with E-state index in [1.807, 2.05) is 12.1 Å². The molecule has 0 radical (unpaired) electrons. The largest absolute Gasteiger partial charge is 0.343 e. The fraction of sp³-hybridized carbons (Fsp3) is 0.176. The molecule has 2 aromatic carbocycles. The van der Waals surface area contributed by atoms with Gasteiger partial charge in [-0.25, -0.2) is 0 Å². The zero-order valence-electron chi connectivity index (χ0n) is 11.2. The maximum atomic E-state index is 6.02. The Labute approximate surface area is 118 Å². The van der Waals surface area contributed by atoms with E-state index in [9.17, 15) is 0 Å². The van der Waals surface area contributed by atoms with Gasteiger partial charge in [0.1, 0.15) is 0 Å². The lowest BCUT2D eigenvalue weighted by Crippen LogP contribution is -1.98. The van der Waals surface area contributed by atoms with Crippen molar-refractivity contribution in [2.45, 2.75) is 20.4 Å². The van der Waals surface area contributed by atoms with Gasteiger partial charge in [-0.1, -0.05) is 40.9 Å². The van der Waals surface area contributed by atoms with Gasteiger partial charge in [-0.3, -0.25) is 0 Å². The molecule has 2 heteroatoms. The maximum absolute atomic E-state index is 6.02. The van der Waals surface area contributed by atoms with E-state index in [-0.39, 0.29) is 0 Å². The first kappa shape index (κ1) is 12.3. The minimum atomic E-state index is 0.789. The Morgan fingerprint density at radius 1 is 0.947 bits per heavy atom. The van der Waals surface area contributed by atoms with E-state index in [0.717, 1.165) is 11.6 Å². The molecule has 3 aromatic rings. The first-order valence-corrected chi connectivity index (χ1v) is 6.81. The summed E-state index contributed by atoms with van der Waals surface area (Å²) < 4.78 is 2.26. The topological polar surface area (TPSA) is 4.93 Å². The van der Waals surface area contributed by atoms with Crippen LogP contribution in [-0.2, 0) is 6.54 Å². The molecule has 0 saturated carbocycles. The molecule has 0 unspecified atom stereocenters. The highest BCUT2D eigenvalue weighted by Gasteiger charge is 2.03. The predicted molar refractivity (Wildman–Crippen MR) is 82.0 cm³/mol. The zero-order chi connectivity index (χ0) is 13.4. The van der Waals surface area contributed by atoms with Crippen LogP contribution in [0.5, 0.6) is 0 Å². The van der Waals surface area contributed by atoms with Gasteiger partial charge in [0.2, 0.25) is 0 Å². The third kappa shape index (κ3) is 2.52. The first-order chi connectivity index (χ1) is 9.11. The minimum absolute atomic E-state index is 0.789. The van der Waals surface area contributed by atoms with Crippen molar-refractivity contribution in [1.82, 2.24) is 4.57 Å². The van der Waals surface area contributed by atoms with Crippen molar-refractivity contribution < 1.29 is 0 Å². The third-order valence-electron chi connectivity index (χ3n) is 3.37. The SMILES string of the molecule is Cc1cc(C)cc(Cn2ccc3cc(Cl)ccc32)c1. The molecule has 0 aliphatic heterocycles. The summed E-state index contributed by atoms with van der Waals surface area (Å²) in [4.78, 5) is 0. The number of hydrogen-bond acceptors (Lipinski definition) is 0. The predicted octanol–water partition coefficient (Wildman–Crippen LogP) is 4.96. The molecule has 0 atom stereocenters. The molecule has 0 aliphatic carbocycles. The normalized spacial score (nSPS) is 11.1. The molecule has 1 nitrogen and oxygen atoms in total. The quantitative estimate of drug-likeness (QED) is 0.620. The van der Waals surface area contributed by atoms with Crippen molar-refractivity contribution in [1.29, 1.82) is 0 Å². The number of hydrogen-bond donors (Lipinski definition) is 0. The lowest BCUT2D eigenvalue weighted by Gasteiger charge is -2.08. The molecule has 19 heavy (non-hydrogen) atoms. The van der Waals surface area contributed by atoms with Crippen LogP contribution in [0.1, 0.15) is 16.7 Å². The Morgan fingerprint density at radius 3 is 2.42 bits per heavy atom. The molecule has 1 aromatic heterocycles. The number of halogens is 1. The Balaban J connectivity index is 2.01. The summed E-state index contributed by atoms with van der Waals surface area (Å²) in [7, 11) is 0. The number of aromatic nitrogens is 1. The number of fused-ring (bicyclic) bond motifs is 1. The van der Waals surface area contributed by atoms with Gasteiger partial charge in [0.25, 0.3) is 0 Å². The smallest absolute Gasteiger partial charge is 0.0484 e. The second-order valence-corrected chi connectivity index (χ2v) is 5.58. The van der Waals surface area contributed by atoms with E-state index >= 15 is 0 Å². The second kappa shape index (κ2) is 4.75. The molecule has 0 bridgehead atoms. The summed E-state index contributed by atoms with van der Waals surface area (Å²) in [6.07, 6.45) is 2.12. The minimum Gasteiger partial charge on any atom is -0.343 e. The van der Waals surface area contributed by atoms with Gasteiger partial charge in [-0.05, 0) is 43.7 Å². The van der Waals surface area contributed by atoms with Gasteiger partial charge in [-0.15, -0.1) is 0 Å². The van der Waals surface area contributed by atoms with E-state index in [1.54, 1.807) is 0 Å². The molecule has 0 aliphatic rings. The highest BCUT2D eigenvalue weighted by Crippen LogP contribution is 2.21. The fourth-order valence-electron chi connectivity index (χ4n) is 2.67. The summed E-state index contributed by atoms with van der Waals surface area (Å²) >= 11 is 6.02. The van der Waals surface area contributed by atoms with Crippen LogP contribution in [0, 0.1) is 13.8 Å². The van der Waals surface area contributed by atoms with E-state index in [1.165, 1.54) is 27.6 Å². The van der Waals surface area contributed by atoms with E-state index in [4.69, 9.17) is 11.6 Å². The summed E-state index contributed by atoms with van der Waals surface area (Å²) in [6, 6.07) is 14.8. The van der Waals surface area contributed by atoms with E-state index < -0.39 is 0 Å². The van der Waals surface area contributed by atoms with Crippen molar-refractivity contribution in [3.05, 3.63) is 70.4 Å². The summed E-state index contributed by atoms with van der Waals surface area (Å²) in [5.74, 6) is 0. The summed E-state index contributed by atoms with van der Waals surface area (Å²) in [5.41, 5.74) is 5.19.